The average molecular weight is 300 g/mol. The van der Waals surface area contributed by atoms with E-state index in [1.165, 1.54) is 12.1 Å². The van der Waals surface area contributed by atoms with Gasteiger partial charge in [0.25, 0.3) is 0 Å². The van der Waals surface area contributed by atoms with Crippen LogP contribution in [0.5, 0.6) is 0 Å². The van der Waals surface area contributed by atoms with Crippen molar-refractivity contribution in [2.24, 2.45) is 0 Å². The maximum atomic E-state index is 12.9. The molecule has 2 aromatic carbocycles. The minimum Gasteiger partial charge on any atom is -0.324 e. The van der Waals surface area contributed by atoms with Gasteiger partial charge in [-0.05, 0) is 54.6 Å². The van der Waals surface area contributed by atoms with Crippen molar-refractivity contribution >= 4 is 23.2 Å². The highest BCUT2D eigenvalue weighted by Crippen LogP contribution is 2.20. The van der Waals surface area contributed by atoms with Crippen LogP contribution in [0.2, 0.25) is 5.02 Å². The van der Waals surface area contributed by atoms with E-state index in [-0.39, 0.29) is 5.82 Å². The zero-order valence-electron chi connectivity index (χ0n) is 10.9. The second-order valence-corrected chi connectivity index (χ2v) is 4.84. The van der Waals surface area contributed by atoms with Gasteiger partial charge in [-0.2, -0.15) is 0 Å². The first-order valence-electron chi connectivity index (χ1n) is 6.32. The monoisotopic (exact) mass is 299 g/mol. The van der Waals surface area contributed by atoms with Crippen molar-refractivity contribution in [1.82, 2.24) is 9.97 Å². The molecule has 21 heavy (non-hydrogen) atoms. The average Bonchev–Trinajstić information content (AvgIpc) is 2.51. The highest BCUT2D eigenvalue weighted by Gasteiger charge is 2.03. The minimum absolute atomic E-state index is 0.271. The van der Waals surface area contributed by atoms with Crippen LogP contribution in [0, 0.1) is 5.82 Å². The van der Waals surface area contributed by atoms with E-state index in [1.54, 1.807) is 36.5 Å². The Hall–Kier alpha value is -2.46. The fraction of sp³-hybridized carbons (Fsp3) is 0. The highest BCUT2D eigenvalue weighted by molar-refractivity contribution is 6.30. The first-order chi connectivity index (χ1) is 10.2. The van der Waals surface area contributed by atoms with Crippen LogP contribution in [0.15, 0.2) is 60.8 Å². The Morgan fingerprint density at radius 1 is 0.905 bits per heavy atom. The van der Waals surface area contributed by atoms with Gasteiger partial charge in [0.15, 0.2) is 0 Å². The smallest absolute Gasteiger partial charge is 0.227 e. The predicted octanol–water partition coefficient (Wildman–Crippen LogP) is 4.68. The molecule has 0 fully saturated rings. The number of nitrogens with zero attached hydrogens (tertiary/aromatic N) is 2. The Balaban J connectivity index is 1.86. The largest absolute Gasteiger partial charge is 0.324 e. The van der Waals surface area contributed by atoms with Crippen molar-refractivity contribution in [3.8, 4) is 11.3 Å². The predicted molar refractivity (Wildman–Crippen MR) is 82.2 cm³/mol. The lowest BCUT2D eigenvalue weighted by Crippen LogP contribution is -1.97. The number of hydrogen-bond acceptors (Lipinski definition) is 3. The van der Waals surface area contributed by atoms with Crippen LogP contribution in [0.4, 0.5) is 16.0 Å². The molecule has 0 unspecified atom stereocenters. The van der Waals surface area contributed by atoms with Gasteiger partial charge in [-0.3, -0.25) is 0 Å². The number of halogens is 2. The summed E-state index contributed by atoms with van der Waals surface area (Å²) in [6.07, 6.45) is 1.66. The molecule has 0 aliphatic heterocycles. The van der Waals surface area contributed by atoms with Crippen molar-refractivity contribution in [3.05, 3.63) is 71.6 Å². The molecule has 0 saturated carbocycles. The van der Waals surface area contributed by atoms with Gasteiger partial charge in [0.2, 0.25) is 5.95 Å². The van der Waals surface area contributed by atoms with Crippen LogP contribution < -0.4 is 5.32 Å². The third-order valence-corrected chi connectivity index (χ3v) is 3.15. The van der Waals surface area contributed by atoms with Crippen molar-refractivity contribution in [1.29, 1.82) is 0 Å². The summed E-state index contributed by atoms with van der Waals surface area (Å²) in [5.41, 5.74) is 2.40. The van der Waals surface area contributed by atoms with Crippen LogP contribution in [-0.4, -0.2) is 9.97 Å². The molecule has 0 aliphatic carbocycles. The molecule has 1 aromatic heterocycles. The molecule has 0 spiro atoms. The Morgan fingerprint density at radius 3 is 2.33 bits per heavy atom. The molecule has 0 radical (unpaired) electrons. The summed E-state index contributed by atoms with van der Waals surface area (Å²) >= 11 is 5.84. The van der Waals surface area contributed by atoms with Crippen LogP contribution in [0.25, 0.3) is 11.3 Å². The molecular formula is C16H11ClFN3. The van der Waals surface area contributed by atoms with Crippen molar-refractivity contribution in [2.75, 3.05) is 5.32 Å². The second-order valence-electron chi connectivity index (χ2n) is 4.40. The first kappa shape index (κ1) is 13.5. The van der Waals surface area contributed by atoms with Gasteiger partial charge in [-0.25, -0.2) is 14.4 Å². The molecule has 5 heteroatoms. The third-order valence-electron chi connectivity index (χ3n) is 2.90. The molecule has 0 bridgehead atoms. The summed E-state index contributed by atoms with van der Waals surface area (Å²) in [6, 6.07) is 15.2. The number of benzene rings is 2. The summed E-state index contributed by atoms with van der Waals surface area (Å²) in [4.78, 5) is 8.58. The molecule has 3 rings (SSSR count). The van der Waals surface area contributed by atoms with E-state index < -0.39 is 0 Å². The van der Waals surface area contributed by atoms with E-state index in [2.05, 4.69) is 15.3 Å². The fourth-order valence-corrected chi connectivity index (χ4v) is 1.99. The Bertz CT molecular complexity index is 742. The number of nitrogens with one attached hydrogen (secondary N) is 1. The first-order valence-corrected chi connectivity index (χ1v) is 6.70. The van der Waals surface area contributed by atoms with Crippen molar-refractivity contribution in [3.63, 3.8) is 0 Å². The maximum absolute atomic E-state index is 12.9. The number of rotatable bonds is 3. The van der Waals surface area contributed by atoms with Crippen LogP contribution in [0.1, 0.15) is 0 Å². The summed E-state index contributed by atoms with van der Waals surface area (Å²) < 4.78 is 12.9. The van der Waals surface area contributed by atoms with Gasteiger partial charge >= 0.3 is 0 Å². The molecule has 0 saturated heterocycles. The van der Waals surface area contributed by atoms with Crippen LogP contribution >= 0.6 is 11.6 Å². The Labute approximate surface area is 126 Å². The Kier molecular flexibility index (Phi) is 3.79. The molecule has 104 valence electrons. The van der Waals surface area contributed by atoms with Crippen molar-refractivity contribution in [2.45, 2.75) is 0 Å². The van der Waals surface area contributed by atoms with E-state index >= 15 is 0 Å². The van der Waals surface area contributed by atoms with Gasteiger partial charge in [0, 0.05) is 22.5 Å². The summed E-state index contributed by atoms with van der Waals surface area (Å²) in [5, 5.41) is 3.77. The van der Waals surface area contributed by atoms with Gasteiger partial charge in [-0.1, -0.05) is 11.6 Å². The van der Waals surface area contributed by atoms with Crippen LogP contribution in [0.3, 0.4) is 0 Å². The number of hydrogen-bond donors (Lipinski definition) is 1. The summed E-state index contributed by atoms with van der Waals surface area (Å²) in [6.45, 7) is 0. The second kappa shape index (κ2) is 5.89. The standard InChI is InChI=1S/C16H11ClFN3/c17-12-3-7-14(8-4-12)20-16-19-10-9-15(21-16)11-1-5-13(18)6-2-11/h1-10H,(H,19,20,21). The van der Waals surface area contributed by atoms with Crippen LogP contribution in [-0.2, 0) is 0 Å². The van der Waals surface area contributed by atoms with E-state index in [1.807, 2.05) is 12.1 Å². The zero-order chi connectivity index (χ0) is 14.7. The van der Waals surface area contributed by atoms with E-state index in [4.69, 9.17) is 11.6 Å². The van der Waals surface area contributed by atoms with Gasteiger partial charge in [0.05, 0.1) is 5.69 Å². The summed E-state index contributed by atoms with van der Waals surface area (Å²) in [7, 11) is 0. The Morgan fingerprint density at radius 2 is 1.62 bits per heavy atom. The lowest BCUT2D eigenvalue weighted by molar-refractivity contribution is 0.628. The molecule has 3 nitrogen and oxygen atoms in total. The third kappa shape index (κ3) is 3.35. The van der Waals surface area contributed by atoms with Gasteiger partial charge in [0.1, 0.15) is 5.82 Å². The molecule has 3 aromatic rings. The topological polar surface area (TPSA) is 37.8 Å². The van der Waals surface area contributed by atoms with Crippen molar-refractivity contribution < 1.29 is 4.39 Å². The normalized spacial score (nSPS) is 10.4. The molecule has 0 aliphatic rings. The maximum Gasteiger partial charge on any atom is 0.227 e. The zero-order valence-corrected chi connectivity index (χ0v) is 11.7. The highest BCUT2D eigenvalue weighted by atomic mass is 35.5. The van der Waals surface area contributed by atoms with Gasteiger partial charge in [-0.15, -0.1) is 0 Å². The van der Waals surface area contributed by atoms with E-state index in [0.29, 0.717) is 11.0 Å². The fourth-order valence-electron chi connectivity index (χ4n) is 1.86. The molecule has 0 atom stereocenters. The lowest BCUT2D eigenvalue weighted by Gasteiger charge is -2.06. The molecule has 0 amide bonds. The molecule has 1 heterocycles. The minimum atomic E-state index is -0.271. The van der Waals surface area contributed by atoms with E-state index in [0.717, 1.165) is 16.9 Å². The van der Waals surface area contributed by atoms with E-state index in [9.17, 15) is 4.39 Å². The SMILES string of the molecule is Fc1ccc(-c2ccnc(Nc3ccc(Cl)cc3)n2)cc1. The number of aromatic nitrogens is 2. The van der Waals surface area contributed by atoms with Gasteiger partial charge < -0.3 is 5.32 Å². The molecular weight excluding hydrogens is 289 g/mol. The molecule has 1 N–H and O–H groups in total. The summed E-state index contributed by atoms with van der Waals surface area (Å²) in [5.74, 6) is 0.200. The number of anilines is 2. The quantitative estimate of drug-likeness (QED) is 0.763. The lowest BCUT2D eigenvalue weighted by atomic mass is 10.1.